The third-order valence-electron chi connectivity index (χ3n) is 4.03. The Kier molecular flexibility index (Phi) is 5.48. The molecule has 1 fully saturated rings. The van der Waals surface area contributed by atoms with Crippen LogP contribution in [0, 0.1) is 0 Å². The molecular formula is C18H23N3O2S. The van der Waals surface area contributed by atoms with Crippen LogP contribution < -0.4 is 10.6 Å². The second-order valence-electron chi connectivity index (χ2n) is 6.26. The van der Waals surface area contributed by atoms with E-state index < -0.39 is 0 Å². The van der Waals surface area contributed by atoms with Crippen LogP contribution in [0.15, 0.2) is 35.7 Å². The Morgan fingerprint density at radius 2 is 2.17 bits per heavy atom. The molecule has 5 nitrogen and oxygen atoms in total. The average Bonchev–Trinajstić information content (AvgIpc) is 3.23. The summed E-state index contributed by atoms with van der Waals surface area (Å²) in [6.45, 7) is 5.34. The Labute approximate surface area is 146 Å². The van der Waals surface area contributed by atoms with E-state index in [0.717, 1.165) is 22.7 Å². The van der Waals surface area contributed by atoms with Crippen LogP contribution in [0.4, 0.5) is 4.79 Å². The summed E-state index contributed by atoms with van der Waals surface area (Å²) in [6, 6.07) is 9.84. The average molecular weight is 345 g/mol. The van der Waals surface area contributed by atoms with Crippen molar-refractivity contribution in [1.29, 1.82) is 0 Å². The molecule has 2 atom stereocenters. The Hall–Kier alpha value is -1.92. The van der Waals surface area contributed by atoms with Crippen LogP contribution in [0.2, 0.25) is 0 Å². The molecule has 6 heteroatoms. The van der Waals surface area contributed by atoms with Crippen LogP contribution in [-0.4, -0.2) is 23.7 Å². The molecule has 2 aromatic rings. The number of carbonyl (C=O) groups excluding carboxylic acids is 1. The number of amides is 2. The molecule has 0 radical (unpaired) electrons. The fourth-order valence-corrected chi connectivity index (χ4v) is 3.60. The fraction of sp³-hybridized carbons (Fsp3) is 0.444. The maximum Gasteiger partial charge on any atom is 0.315 e. The Morgan fingerprint density at radius 1 is 1.38 bits per heavy atom. The van der Waals surface area contributed by atoms with Gasteiger partial charge in [-0.3, -0.25) is 0 Å². The summed E-state index contributed by atoms with van der Waals surface area (Å²) in [5, 5.41) is 9.02. The van der Waals surface area contributed by atoms with Gasteiger partial charge in [0.2, 0.25) is 0 Å². The molecule has 0 aliphatic carbocycles. The van der Waals surface area contributed by atoms with E-state index in [1.165, 1.54) is 0 Å². The molecule has 1 aliphatic heterocycles. The number of ether oxygens (including phenoxy) is 1. The van der Waals surface area contributed by atoms with Crippen LogP contribution in [0.3, 0.4) is 0 Å². The molecule has 128 valence electrons. The second kappa shape index (κ2) is 7.77. The zero-order valence-electron chi connectivity index (χ0n) is 14.0. The number of nitrogens with zero attached hydrogens (tertiary/aromatic N) is 1. The van der Waals surface area contributed by atoms with E-state index in [1.54, 1.807) is 11.3 Å². The van der Waals surface area contributed by atoms with Crippen molar-refractivity contribution in [2.24, 2.45) is 0 Å². The van der Waals surface area contributed by atoms with Gasteiger partial charge in [-0.1, -0.05) is 44.2 Å². The van der Waals surface area contributed by atoms with E-state index in [1.807, 2.05) is 35.7 Å². The zero-order valence-corrected chi connectivity index (χ0v) is 14.8. The lowest BCUT2D eigenvalue weighted by atomic mass is 10.0. The highest BCUT2D eigenvalue weighted by Gasteiger charge is 2.30. The molecule has 1 aromatic heterocycles. The van der Waals surface area contributed by atoms with Crippen LogP contribution in [0.1, 0.15) is 48.6 Å². The monoisotopic (exact) mass is 345 g/mol. The highest BCUT2D eigenvalue weighted by Crippen LogP contribution is 2.28. The van der Waals surface area contributed by atoms with Gasteiger partial charge in [0, 0.05) is 17.9 Å². The molecule has 1 aromatic carbocycles. The molecule has 24 heavy (non-hydrogen) atoms. The summed E-state index contributed by atoms with van der Waals surface area (Å²) in [4.78, 5) is 16.7. The van der Waals surface area contributed by atoms with Gasteiger partial charge in [-0.2, -0.15) is 0 Å². The maximum atomic E-state index is 12.2. The van der Waals surface area contributed by atoms with Gasteiger partial charge in [0.05, 0.1) is 23.3 Å². The molecule has 0 spiro atoms. The van der Waals surface area contributed by atoms with Gasteiger partial charge in [-0.25, -0.2) is 9.78 Å². The van der Waals surface area contributed by atoms with E-state index >= 15 is 0 Å². The summed E-state index contributed by atoms with van der Waals surface area (Å²) in [6.07, 6.45) is 0.741. The minimum atomic E-state index is -0.175. The number of rotatable bonds is 5. The number of thiazole rings is 1. The van der Waals surface area contributed by atoms with Crippen molar-refractivity contribution in [3.05, 3.63) is 52.0 Å². The lowest BCUT2D eigenvalue weighted by Gasteiger charge is -2.20. The Morgan fingerprint density at radius 3 is 2.88 bits per heavy atom. The van der Waals surface area contributed by atoms with Gasteiger partial charge < -0.3 is 15.4 Å². The molecule has 3 rings (SSSR count). The third kappa shape index (κ3) is 4.13. The summed E-state index contributed by atoms with van der Waals surface area (Å²) < 4.78 is 5.79. The first-order valence-electron chi connectivity index (χ1n) is 8.28. The molecular weight excluding hydrogens is 322 g/mol. The topological polar surface area (TPSA) is 63.2 Å². The van der Waals surface area contributed by atoms with E-state index in [2.05, 4.69) is 29.5 Å². The molecule has 2 amide bonds. The number of carbonyl (C=O) groups is 1. The number of nitrogens with one attached hydrogen (secondary N) is 2. The number of hydrogen-bond acceptors (Lipinski definition) is 4. The standard InChI is InChI=1S/C18H23N3O2S/c1-12(2)17-20-14(11-24-17)10-19-18(22)21-15-8-9-23-16(15)13-6-4-3-5-7-13/h3-7,11-12,15-16H,8-10H2,1-2H3,(H2,19,21,22)/t15-,16+/m1/s1. The van der Waals surface area contributed by atoms with Crippen molar-refractivity contribution in [1.82, 2.24) is 15.6 Å². The molecule has 2 heterocycles. The minimum absolute atomic E-state index is 0.00550. The first kappa shape index (κ1) is 16.9. The van der Waals surface area contributed by atoms with E-state index in [0.29, 0.717) is 19.1 Å². The summed E-state index contributed by atoms with van der Waals surface area (Å²) >= 11 is 1.64. The quantitative estimate of drug-likeness (QED) is 0.870. The van der Waals surface area contributed by atoms with Crippen molar-refractivity contribution in [2.75, 3.05) is 6.61 Å². The molecule has 0 unspecified atom stereocenters. The number of urea groups is 1. The predicted molar refractivity (Wildman–Crippen MR) is 95.1 cm³/mol. The number of hydrogen-bond donors (Lipinski definition) is 2. The normalized spacial score (nSPS) is 20.3. The SMILES string of the molecule is CC(C)c1nc(CNC(=O)N[C@@H]2CCO[C@H]2c2ccccc2)cs1. The predicted octanol–water partition coefficient (Wildman–Crippen LogP) is 3.60. The van der Waals surface area contributed by atoms with Crippen molar-refractivity contribution in [3.8, 4) is 0 Å². The van der Waals surface area contributed by atoms with Gasteiger partial charge in [-0.05, 0) is 12.0 Å². The van der Waals surface area contributed by atoms with Crippen molar-refractivity contribution < 1.29 is 9.53 Å². The second-order valence-corrected chi connectivity index (χ2v) is 7.15. The smallest absolute Gasteiger partial charge is 0.315 e. The Balaban J connectivity index is 1.52. The Bertz CT molecular complexity index is 672. The molecule has 2 N–H and O–H groups in total. The van der Waals surface area contributed by atoms with Crippen LogP contribution in [0.5, 0.6) is 0 Å². The largest absolute Gasteiger partial charge is 0.371 e. The van der Waals surface area contributed by atoms with Crippen molar-refractivity contribution >= 4 is 17.4 Å². The molecule has 1 saturated heterocycles. The van der Waals surface area contributed by atoms with Crippen LogP contribution in [0.25, 0.3) is 0 Å². The van der Waals surface area contributed by atoms with Crippen molar-refractivity contribution in [3.63, 3.8) is 0 Å². The highest BCUT2D eigenvalue weighted by atomic mass is 32.1. The summed E-state index contributed by atoms with van der Waals surface area (Å²) in [5.41, 5.74) is 2.00. The van der Waals surface area contributed by atoms with Gasteiger partial charge in [0.1, 0.15) is 6.10 Å². The number of benzene rings is 1. The van der Waals surface area contributed by atoms with Crippen LogP contribution in [-0.2, 0) is 11.3 Å². The van der Waals surface area contributed by atoms with Gasteiger partial charge in [0.15, 0.2) is 0 Å². The van der Waals surface area contributed by atoms with E-state index in [4.69, 9.17) is 4.74 Å². The fourth-order valence-electron chi connectivity index (χ4n) is 2.77. The third-order valence-corrected chi connectivity index (χ3v) is 5.22. The number of aromatic nitrogens is 1. The summed E-state index contributed by atoms with van der Waals surface area (Å²) in [5.74, 6) is 0.417. The maximum absolute atomic E-state index is 12.2. The zero-order chi connectivity index (χ0) is 16.9. The van der Waals surface area contributed by atoms with Gasteiger partial charge >= 0.3 is 6.03 Å². The van der Waals surface area contributed by atoms with Crippen LogP contribution >= 0.6 is 11.3 Å². The first-order valence-corrected chi connectivity index (χ1v) is 9.16. The molecule has 0 saturated carbocycles. The van der Waals surface area contributed by atoms with E-state index in [9.17, 15) is 4.79 Å². The van der Waals surface area contributed by atoms with Gasteiger partial charge in [0.25, 0.3) is 0 Å². The van der Waals surface area contributed by atoms with Crippen molar-refractivity contribution in [2.45, 2.75) is 44.9 Å². The molecule has 0 bridgehead atoms. The lowest BCUT2D eigenvalue weighted by molar-refractivity contribution is 0.0999. The highest BCUT2D eigenvalue weighted by molar-refractivity contribution is 7.09. The van der Waals surface area contributed by atoms with Gasteiger partial charge in [-0.15, -0.1) is 11.3 Å². The van der Waals surface area contributed by atoms with E-state index in [-0.39, 0.29) is 18.2 Å². The summed E-state index contributed by atoms with van der Waals surface area (Å²) in [7, 11) is 0. The lowest BCUT2D eigenvalue weighted by Crippen LogP contribution is -2.43. The first-order chi connectivity index (χ1) is 11.6. The minimum Gasteiger partial charge on any atom is -0.371 e. The molecule has 1 aliphatic rings.